The van der Waals surface area contributed by atoms with Gasteiger partial charge in [0.05, 0.1) is 7.11 Å². The van der Waals surface area contributed by atoms with Gasteiger partial charge in [-0.15, -0.1) is 0 Å². The molecule has 0 saturated carbocycles. The molecular formula is C6H9BNO3. The fourth-order valence-electron chi connectivity index (χ4n) is 0.468. The quantitative estimate of drug-likeness (QED) is 0.540. The lowest BCUT2D eigenvalue weighted by atomic mass is 10.5. The Bertz CT molecular complexity index is 171. The van der Waals surface area contributed by atoms with Crippen LogP contribution < -0.4 is 4.74 Å². The summed E-state index contributed by atoms with van der Waals surface area (Å²) in [7, 11) is 1.60. The summed E-state index contributed by atoms with van der Waals surface area (Å²) in [4.78, 5) is 3.88. The van der Waals surface area contributed by atoms with E-state index in [9.17, 15) is 0 Å². The van der Waals surface area contributed by atoms with Crippen LogP contribution in [-0.2, 0) is 0 Å². The van der Waals surface area contributed by atoms with Gasteiger partial charge in [-0.1, -0.05) is 6.07 Å². The lowest BCUT2D eigenvalue weighted by Crippen LogP contribution is -1.83. The molecule has 0 spiro atoms. The molecule has 5 heteroatoms. The molecule has 1 rings (SSSR count). The van der Waals surface area contributed by atoms with Crippen molar-refractivity contribution in [2.75, 3.05) is 7.11 Å². The van der Waals surface area contributed by atoms with E-state index in [1.165, 1.54) is 0 Å². The van der Waals surface area contributed by atoms with Gasteiger partial charge in [0.15, 0.2) is 0 Å². The average molecular weight is 154 g/mol. The van der Waals surface area contributed by atoms with E-state index in [0.717, 1.165) is 0 Å². The molecule has 0 aliphatic carbocycles. The molecule has 4 nitrogen and oxygen atoms in total. The van der Waals surface area contributed by atoms with Gasteiger partial charge in [0.1, 0.15) is 0 Å². The predicted octanol–water partition coefficient (Wildman–Crippen LogP) is -0.405. The second-order valence-electron chi connectivity index (χ2n) is 1.49. The average Bonchev–Trinajstić information content (AvgIpc) is 2.08. The maximum atomic E-state index is 7.00. The van der Waals surface area contributed by atoms with Crippen LogP contribution in [0.5, 0.6) is 5.88 Å². The van der Waals surface area contributed by atoms with Crippen LogP contribution in [0.3, 0.4) is 0 Å². The van der Waals surface area contributed by atoms with Gasteiger partial charge in [0.25, 0.3) is 0 Å². The van der Waals surface area contributed by atoms with Crippen LogP contribution in [0.1, 0.15) is 0 Å². The molecule has 0 aromatic carbocycles. The Morgan fingerprint density at radius 2 is 2.09 bits per heavy atom. The summed E-state index contributed by atoms with van der Waals surface area (Å²) in [6.07, 6.45) is 1.69. The maximum Gasteiger partial charge on any atom is 0.482 e. The Hall–Kier alpha value is -1.07. The molecule has 0 bridgehead atoms. The Balaban J connectivity index is 0.000000292. The highest BCUT2D eigenvalue weighted by molar-refractivity contribution is 6.13. The van der Waals surface area contributed by atoms with Gasteiger partial charge in [-0.25, -0.2) is 4.98 Å². The van der Waals surface area contributed by atoms with Gasteiger partial charge in [0, 0.05) is 12.3 Å². The normalized spacial score (nSPS) is 7.55. The molecular weight excluding hydrogens is 145 g/mol. The van der Waals surface area contributed by atoms with Crippen LogP contribution in [0, 0.1) is 0 Å². The van der Waals surface area contributed by atoms with Crippen molar-refractivity contribution in [2.45, 2.75) is 0 Å². The first-order valence-corrected chi connectivity index (χ1v) is 2.90. The molecule has 0 atom stereocenters. The van der Waals surface area contributed by atoms with E-state index < -0.39 is 0 Å². The van der Waals surface area contributed by atoms with E-state index >= 15 is 0 Å². The van der Waals surface area contributed by atoms with Crippen LogP contribution in [0.25, 0.3) is 0 Å². The molecule has 0 saturated heterocycles. The van der Waals surface area contributed by atoms with Crippen molar-refractivity contribution >= 4 is 7.69 Å². The molecule has 1 heterocycles. The number of aromatic nitrogens is 1. The van der Waals surface area contributed by atoms with E-state index in [4.69, 9.17) is 14.8 Å². The van der Waals surface area contributed by atoms with E-state index in [1.807, 2.05) is 12.1 Å². The summed E-state index contributed by atoms with van der Waals surface area (Å²) < 4.78 is 4.80. The fraction of sp³-hybridized carbons (Fsp3) is 0.167. The topological polar surface area (TPSA) is 62.6 Å². The summed E-state index contributed by atoms with van der Waals surface area (Å²) in [5.74, 6) is 0.660. The van der Waals surface area contributed by atoms with E-state index in [-0.39, 0.29) is 7.69 Å². The van der Waals surface area contributed by atoms with Crippen LogP contribution in [-0.4, -0.2) is 29.8 Å². The van der Waals surface area contributed by atoms with E-state index in [1.54, 1.807) is 19.4 Å². The third-order valence-corrected chi connectivity index (χ3v) is 0.847. The standard InChI is InChI=1S/C6H7NO.BH2O2/c1-8-6-4-2-3-5-7-6;2-1-3/h2-5H,1H3;2-3H. The van der Waals surface area contributed by atoms with Crippen molar-refractivity contribution in [1.82, 2.24) is 4.98 Å². The number of hydrogen-bond donors (Lipinski definition) is 2. The van der Waals surface area contributed by atoms with Gasteiger partial charge >= 0.3 is 7.69 Å². The second kappa shape index (κ2) is 7.05. The van der Waals surface area contributed by atoms with Crippen LogP contribution in [0.2, 0.25) is 0 Å². The molecule has 0 aliphatic heterocycles. The number of pyridine rings is 1. The molecule has 1 radical (unpaired) electrons. The molecule has 1 aromatic rings. The lowest BCUT2D eigenvalue weighted by molar-refractivity contribution is 0.398. The van der Waals surface area contributed by atoms with Crippen molar-refractivity contribution in [3.63, 3.8) is 0 Å². The second-order valence-corrected chi connectivity index (χ2v) is 1.49. The van der Waals surface area contributed by atoms with Gasteiger partial charge in [-0.3, -0.25) is 0 Å². The zero-order valence-electron chi connectivity index (χ0n) is 6.14. The largest absolute Gasteiger partial charge is 0.482 e. The minimum atomic E-state index is 0. The Morgan fingerprint density at radius 3 is 2.36 bits per heavy atom. The number of hydrogen-bond acceptors (Lipinski definition) is 4. The van der Waals surface area contributed by atoms with Gasteiger partial charge < -0.3 is 14.8 Å². The molecule has 0 fully saturated rings. The predicted molar refractivity (Wildman–Crippen MR) is 41.0 cm³/mol. The summed E-state index contributed by atoms with van der Waals surface area (Å²) in [5.41, 5.74) is 0. The van der Waals surface area contributed by atoms with Crippen LogP contribution >= 0.6 is 0 Å². The molecule has 1 aromatic heterocycles. The number of ether oxygens (including phenoxy) is 1. The first-order chi connectivity index (χ1) is 5.35. The van der Waals surface area contributed by atoms with Crippen LogP contribution in [0.4, 0.5) is 0 Å². The fourth-order valence-corrected chi connectivity index (χ4v) is 0.468. The number of methoxy groups -OCH3 is 1. The number of nitrogens with zero attached hydrogens (tertiary/aromatic N) is 1. The monoisotopic (exact) mass is 154 g/mol. The highest BCUT2D eigenvalue weighted by atomic mass is 16.5. The highest BCUT2D eigenvalue weighted by Gasteiger charge is 1.82. The Morgan fingerprint density at radius 1 is 1.45 bits per heavy atom. The summed E-state index contributed by atoms with van der Waals surface area (Å²) in [6.45, 7) is 0. The van der Waals surface area contributed by atoms with Crippen molar-refractivity contribution in [2.24, 2.45) is 0 Å². The molecule has 0 aliphatic rings. The summed E-state index contributed by atoms with van der Waals surface area (Å²) >= 11 is 0. The third-order valence-electron chi connectivity index (χ3n) is 0.847. The maximum absolute atomic E-state index is 7.00. The first-order valence-electron chi connectivity index (χ1n) is 2.90. The first kappa shape index (κ1) is 9.93. The zero-order valence-corrected chi connectivity index (χ0v) is 6.14. The Kier molecular flexibility index (Phi) is 6.36. The van der Waals surface area contributed by atoms with E-state index in [0.29, 0.717) is 5.88 Å². The van der Waals surface area contributed by atoms with Crippen molar-refractivity contribution in [1.29, 1.82) is 0 Å². The molecule has 0 amide bonds. The third kappa shape index (κ3) is 5.38. The molecule has 59 valence electrons. The SMILES string of the molecule is COc1ccccn1.O[B]O. The highest BCUT2D eigenvalue weighted by Crippen LogP contribution is 1.99. The van der Waals surface area contributed by atoms with Crippen molar-refractivity contribution in [3.05, 3.63) is 24.4 Å². The van der Waals surface area contributed by atoms with Crippen LogP contribution in [0.15, 0.2) is 24.4 Å². The lowest BCUT2D eigenvalue weighted by Gasteiger charge is -1.92. The number of rotatable bonds is 1. The van der Waals surface area contributed by atoms with Gasteiger partial charge in [0.2, 0.25) is 5.88 Å². The van der Waals surface area contributed by atoms with Crippen molar-refractivity contribution < 1.29 is 14.8 Å². The molecule has 2 N–H and O–H groups in total. The summed E-state index contributed by atoms with van der Waals surface area (Å²) in [6, 6.07) is 5.54. The van der Waals surface area contributed by atoms with E-state index in [2.05, 4.69) is 4.98 Å². The minimum absolute atomic E-state index is 0. The zero-order chi connectivity index (χ0) is 8.53. The van der Waals surface area contributed by atoms with Crippen molar-refractivity contribution in [3.8, 4) is 5.88 Å². The van der Waals surface area contributed by atoms with Gasteiger partial charge in [-0.05, 0) is 6.07 Å². The molecule has 0 unspecified atom stereocenters. The molecule has 11 heavy (non-hydrogen) atoms. The minimum Gasteiger partial charge on any atom is -0.481 e. The Labute approximate surface area is 65.8 Å². The summed E-state index contributed by atoms with van der Waals surface area (Å²) in [5, 5.41) is 14.0. The van der Waals surface area contributed by atoms with Gasteiger partial charge in [-0.2, -0.15) is 0 Å². The smallest absolute Gasteiger partial charge is 0.481 e.